The number of benzene rings is 2. The van der Waals surface area contributed by atoms with E-state index in [4.69, 9.17) is 17.3 Å². The Morgan fingerprint density at radius 3 is 2.66 bits per heavy atom. The number of rotatable bonds is 7. The largest absolute Gasteiger partial charge is 0.372 e. The summed E-state index contributed by atoms with van der Waals surface area (Å²) >= 11 is 6.15. The molecule has 6 heteroatoms. The summed E-state index contributed by atoms with van der Waals surface area (Å²) < 4.78 is 0. The summed E-state index contributed by atoms with van der Waals surface area (Å²) in [5, 5.41) is 7.53. The Bertz CT molecular complexity index is 904. The fraction of sp³-hybridized carbons (Fsp3) is 0.348. The summed E-state index contributed by atoms with van der Waals surface area (Å²) in [6.45, 7) is 4.52. The van der Waals surface area contributed by atoms with Crippen molar-refractivity contribution in [2.75, 3.05) is 26.2 Å². The molecule has 0 bridgehead atoms. The van der Waals surface area contributed by atoms with Crippen LogP contribution in [0.3, 0.4) is 0 Å². The third-order valence-electron chi connectivity index (χ3n) is 5.47. The minimum Gasteiger partial charge on any atom is -0.372 e. The molecule has 2 aliphatic heterocycles. The summed E-state index contributed by atoms with van der Waals surface area (Å²) in [6.07, 6.45) is 7.48. The minimum atomic E-state index is -0.999. The molecule has 4 rings (SSSR count). The van der Waals surface area contributed by atoms with Gasteiger partial charge in [0.05, 0.1) is 0 Å². The second-order valence-electron chi connectivity index (χ2n) is 7.67. The summed E-state index contributed by atoms with van der Waals surface area (Å²) in [7, 11) is 0. The molecule has 1 unspecified atom stereocenters. The first-order valence-corrected chi connectivity index (χ1v) is 10.7. The lowest BCUT2D eigenvalue weighted by atomic mass is 9.99. The van der Waals surface area contributed by atoms with Crippen LogP contribution in [-0.2, 0) is 5.79 Å². The van der Waals surface area contributed by atoms with Crippen LogP contribution in [0, 0.1) is 0 Å². The molecule has 0 amide bonds. The zero-order valence-corrected chi connectivity index (χ0v) is 17.3. The fourth-order valence-corrected chi connectivity index (χ4v) is 4.08. The van der Waals surface area contributed by atoms with Crippen molar-refractivity contribution < 1.29 is 0 Å². The van der Waals surface area contributed by atoms with Crippen molar-refractivity contribution in [2.45, 2.75) is 25.0 Å². The van der Waals surface area contributed by atoms with Gasteiger partial charge in [-0.05, 0) is 74.3 Å². The van der Waals surface area contributed by atoms with E-state index in [1.807, 2.05) is 42.5 Å². The van der Waals surface area contributed by atoms with Crippen LogP contribution in [0.5, 0.6) is 0 Å². The monoisotopic (exact) mass is 409 g/mol. The third-order valence-corrected chi connectivity index (χ3v) is 5.71. The van der Waals surface area contributed by atoms with Gasteiger partial charge in [0.2, 0.25) is 5.79 Å². The van der Waals surface area contributed by atoms with Crippen LogP contribution in [0.25, 0.3) is 11.1 Å². The molecule has 2 aromatic carbocycles. The number of hydrogen-bond donors (Lipinski definition) is 3. The normalized spacial score (nSPS) is 21.7. The van der Waals surface area contributed by atoms with Gasteiger partial charge >= 0.3 is 0 Å². The summed E-state index contributed by atoms with van der Waals surface area (Å²) in [5.41, 5.74) is 9.64. The van der Waals surface area contributed by atoms with Gasteiger partial charge in [0.25, 0.3) is 0 Å². The number of likely N-dealkylation sites (tertiary alicyclic amines) is 1. The zero-order valence-electron chi connectivity index (χ0n) is 16.6. The summed E-state index contributed by atoms with van der Waals surface area (Å²) in [6, 6.07) is 15.9. The number of allylic oxidation sites excluding steroid dienone is 1. The van der Waals surface area contributed by atoms with E-state index in [1.165, 1.54) is 25.9 Å². The van der Waals surface area contributed by atoms with Crippen LogP contribution >= 0.6 is 11.6 Å². The Morgan fingerprint density at radius 1 is 1.10 bits per heavy atom. The maximum Gasteiger partial charge on any atom is 0.210 e. The molecule has 0 saturated carbocycles. The van der Waals surface area contributed by atoms with Crippen molar-refractivity contribution in [3.8, 4) is 11.1 Å². The molecule has 0 radical (unpaired) electrons. The number of nitrogens with zero attached hydrogens (tertiary/aromatic N) is 2. The third kappa shape index (κ3) is 4.99. The molecule has 29 heavy (non-hydrogen) atoms. The number of halogens is 1. The highest BCUT2D eigenvalue weighted by molar-refractivity contribution is 6.30. The van der Waals surface area contributed by atoms with Gasteiger partial charge in [-0.2, -0.15) is 0 Å². The first kappa shape index (κ1) is 20.0. The van der Waals surface area contributed by atoms with Crippen molar-refractivity contribution in [1.29, 1.82) is 0 Å². The number of aliphatic imine (C=N–C) groups is 1. The quantitative estimate of drug-likeness (QED) is 0.610. The molecule has 4 N–H and O–H groups in total. The van der Waals surface area contributed by atoms with Crippen molar-refractivity contribution in [3.05, 3.63) is 71.0 Å². The van der Waals surface area contributed by atoms with Gasteiger partial charge in [0.1, 0.15) is 5.82 Å². The van der Waals surface area contributed by atoms with E-state index in [0.29, 0.717) is 5.02 Å². The molecular weight excluding hydrogens is 382 g/mol. The molecule has 0 spiro atoms. The maximum absolute atomic E-state index is 6.63. The Kier molecular flexibility index (Phi) is 6.19. The molecule has 2 aromatic rings. The van der Waals surface area contributed by atoms with Gasteiger partial charge < -0.3 is 15.5 Å². The highest BCUT2D eigenvalue weighted by Crippen LogP contribution is 2.27. The molecule has 2 aliphatic rings. The van der Waals surface area contributed by atoms with Crippen LogP contribution in [0.2, 0.25) is 5.02 Å². The topological polar surface area (TPSA) is 65.7 Å². The van der Waals surface area contributed by atoms with Gasteiger partial charge in [-0.25, -0.2) is 4.99 Å². The van der Waals surface area contributed by atoms with E-state index in [9.17, 15) is 0 Å². The van der Waals surface area contributed by atoms with Gasteiger partial charge in [-0.1, -0.05) is 41.9 Å². The lowest BCUT2D eigenvalue weighted by Gasteiger charge is -2.32. The van der Waals surface area contributed by atoms with Crippen molar-refractivity contribution in [3.63, 3.8) is 0 Å². The second kappa shape index (κ2) is 8.99. The molecule has 1 fully saturated rings. The summed E-state index contributed by atoms with van der Waals surface area (Å²) in [4.78, 5) is 7.04. The maximum atomic E-state index is 6.63. The fourth-order valence-electron chi connectivity index (χ4n) is 3.89. The van der Waals surface area contributed by atoms with Crippen molar-refractivity contribution >= 4 is 17.8 Å². The highest BCUT2D eigenvalue weighted by atomic mass is 35.5. The Hall–Kier alpha value is -2.34. The van der Waals surface area contributed by atoms with E-state index in [0.717, 1.165) is 42.0 Å². The number of nitrogens with one attached hydrogen (secondary N) is 2. The minimum absolute atomic E-state index is 0.715. The van der Waals surface area contributed by atoms with Gasteiger partial charge in [-0.15, -0.1) is 0 Å². The molecular formula is C23H28ClN5. The Balaban J connectivity index is 1.40. The summed E-state index contributed by atoms with van der Waals surface area (Å²) in [5.74, 6) is -0.0993. The van der Waals surface area contributed by atoms with Crippen LogP contribution in [0.15, 0.2) is 65.4 Å². The molecule has 0 aliphatic carbocycles. The SMILES string of the molecule is NC1(c2cccc(-c3cccc(Cl)c3)c2)N=CC=C(NCCCN2CCCC2)N1. The average Bonchev–Trinajstić information content (AvgIpc) is 3.25. The Labute approximate surface area is 177 Å². The van der Waals surface area contributed by atoms with E-state index in [-0.39, 0.29) is 0 Å². The number of hydrogen-bond acceptors (Lipinski definition) is 5. The van der Waals surface area contributed by atoms with Crippen molar-refractivity contribution in [1.82, 2.24) is 15.5 Å². The molecule has 152 valence electrons. The first-order chi connectivity index (χ1) is 14.1. The van der Waals surface area contributed by atoms with Gasteiger partial charge in [-0.3, -0.25) is 5.73 Å². The molecule has 1 atom stereocenters. The van der Waals surface area contributed by atoms with Gasteiger partial charge in [0, 0.05) is 23.3 Å². The van der Waals surface area contributed by atoms with Crippen LogP contribution in [-0.4, -0.2) is 37.3 Å². The predicted octanol–water partition coefficient (Wildman–Crippen LogP) is 3.67. The standard InChI is InChI=1S/C23H28ClN5/c24-21-9-4-7-19(17-21)18-6-3-8-20(16-18)23(25)27-12-10-22(28-23)26-11-5-15-29-13-1-2-14-29/h3-4,6-10,12,16-17,26,28H,1-2,5,11,13-15,25H2. The molecule has 1 saturated heterocycles. The van der Waals surface area contributed by atoms with Crippen LogP contribution < -0.4 is 16.4 Å². The van der Waals surface area contributed by atoms with E-state index >= 15 is 0 Å². The van der Waals surface area contributed by atoms with Crippen LogP contribution in [0.1, 0.15) is 24.8 Å². The lowest BCUT2D eigenvalue weighted by Crippen LogP contribution is -2.52. The smallest absolute Gasteiger partial charge is 0.210 e. The highest BCUT2D eigenvalue weighted by Gasteiger charge is 2.28. The Morgan fingerprint density at radius 2 is 1.86 bits per heavy atom. The van der Waals surface area contributed by atoms with Gasteiger partial charge in [0.15, 0.2) is 0 Å². The average molecular weight is 410 g/mol. The van der Waals surface area contributed by atoms with E-state index < -0.39 is 5.79 Å². The zero-order chi connectivity index (χ0) is 20.1. The van der Waals surface area contributed by atoms with E-state index in [1.54, 1.807) is 6.21 Å². The second-order valence-corrected chi connectivity index (χ2v) is 8.11. The lowest BCUT2D eigenvalue weighted by molar-refractivity contribution is 0.329. The van der Waals surface area contributed by atoms with Crippen LogP contribution in [0.4, 0.5) is 0 Å². The number of nitrogens with two attached hydrogens (primary N) is 1. The molecule has 2 heterocycles. The molecule has 5 nitrogen and oxygen atoms in total. The first-order valence-electron chi connectivity index (χ1n) is 10.3. The van der Waals surface area contributed by atoms with Crippen molar-refractivity contribution in [2.24, 2.45) is 10.7 Å². The van der Waals surface area contributed by atoms with E-state index in [2.05, 4.69) is 32.7 Å². The molecule has 0 aromatic heterocycles. The predicted molar refractivity (Wildman–Crippen MR) is 121 cm³/mol.